The fourth-order valence-electron chi connectivity index (χ4n) is 2.15. The van der Waals surface area contributed by atoms with Gasteiger partial charge >= 0.3 is 30.0 Å². The van der Waals surface area contributed by atoms with Crippen LogP contribution in [0.3, 0.4) is 0 Å². The molecule has 15 heteroatoms. The standard InChI is InChI=1S/C16H17N5O9S/c1-27-11(22)8-5-6-9(12(23)28-2)10(7-8)31(25,26)21-14(24)17-13-18-15(29-3)20-16(19-13)30-4/h5-7H,1-4H3,(H2,17,18,19,20,21,24). The van der Waals surface area contributed by atoms with Crippen LogP contribution >= 0.6 is 0 Å². The van der Waals surface area contributed by atoms with E-state index in [1.165, 1.54) is 20.3 Å². The molecule has 0 atom stereocenters. The lowest BCUT2D eigenvalue weighted by molar-refractivity contribution is 0.0583. The Balaban J connectivity index is 2.37. The molecule has 0 aliphatic rings. The van der Waals surface area contributed by atoms with Crippen LogP contribution < -0.4 is 19.5 Å². The van der Waals surface area contributed by atoms with Crippen LogP contribution in [-0.4, -0.2) is 69.8 Å². The molecule has 0 radical (unpaired) electrons. The van der Waals surface area contributed by atoms with E-state index in [0.717, 1.165) is 26.4 Å². The van der Waals surface area contributed by atoms with Crippen LogP contribution in [0.5, 0.6) is 12.0 Å². The third kappa shape index (κ3) is 5.53. The summed E-state index contributed by atoms with van der Waals surface area (Å²) in [6.07, 6.45) is 0. The average Bonchev–Trinajstić information content (AvgIpc) is 2.76. The molecule has 0 saturated carbocycles. The monoisotopic (exact) mass is 455 g/mol. The van der Waals surface area contributed by atoms with E-state index in [2.05, 4.69) is 29.7 Å². The van der Waals surface area contributed by atoms with Gasteiger partial charge in [0.1, 0.15) is 4.90 Å². The highest BCUT2D eigenvalue weighted by molar-refractivity contribution is 7.90. The zero-order valence-corrected chi connectivity index (χ0v) is 17.5. The number of urea groups is 1. The Hall–Kier alpha value is -4.01. The third-order valence-corrected chi connectivity index (χ3v) is 4.88. The zero-order chi connectivity index (χ0) is 23.2. The van der Waals surface area contributed by atoms with E-state index >= 15 is 0 Å². The number of anilines is 1. The molecule has 2 rings (SSSR count). The normalized spacial score (nSPS) is 10.6. The van der Waals surface area contributed by atoms with Gasteiger partial charge in [-0.25, -0.2) is 27.5 Å². The molecule has 0 unspecified atom stereocenters. The lowest BCUT2D eigenvalue weighted by atomic mass is 10.1. The van der Waals surface area contributed by atoms with E-state index in [1.54, 1.807) is 4.72 Å². The van der Waals surface area contributed by atoms with Crippen molar-refractivity contribution in [3.05, 3.63) is 29.3 Å². The first kappa shape index (κ1) is 23.3. The molecule has 2 amide bonds. The summed E-state index contributed by atoms with van der Waals surface area (Å²) in [5, 5.41) is 2.07. The van der Waals surface area contributed by atoms with Crippen molar-refractivity contribution in [1.82, 2.24) is 19.7 Å². The predicted octanol–water partition coefficient (Wildman–Crippen LogP) is -0.0276. The van der Waals surface area contributed by atoms with Gasteiger partial charge in [0.25, 0.3) is 10.0 Å². The van der Waals surface area contributed by atoms with Gasteiger partial charge in [-0.1, -0.05) is 0 Å². The molecule has 0 bridgehead atoms. The van der Waals surface area contributed by atoms with Crippen molar-refractivity contribution >= 4 is 33.9 Å². The molecule has 0 aliphatic carbocycles. The Morgan fingerprint density at radius 3 is 1.97 bits per heavy atom. The summed E-state index contributed by atoms with van der Waals surface area (Å²) in [6.45, 7) is 0. The third-order valence-electron chi connectivity index (χ3n) is 3.51. The highest BCUT2D eigenvalue weighted by Gasteiger charge is 2.27. The molecule has 0 saturated heterocycles. The molecular weight excluding hydrogens is 438 g/mol. The molecule has 166 valence electrons. The number of amides is 2. The number of esters is 2. The van der Waals surface area contributed by atoms with Crippen LogP contribution in [0.2, 0.25) is 0 Å². The number of carbonyl (C=O) groups excluding carboxylic acids is 3. The minimum Gasteiger partial charge on any atom is -0.467 e. The minimum absolute atomic E-state index is 0.178. The van der Waals surface area contributed by atoms with Crippen LogP contribution in [0.4, 0.5) is 10.7 Å². The summed E-state index contributed by atoms with van der Waals surface area (Å²) in [5.41, 5.74) is -0.596. The first-order chi connectivity index (χ1) is 14.6. The first-order valence-electron chi connectivity index (χ1n) is 8.13. The Morgan fingerprint density at radius 2 is 1.45 bits per heavy atom. The van der Waals surface area contributed by atoms with E-state index in [-0.39, 0.29) is 23.5 Å². The van der Waals surface area contributed by atoms with Crippen molar-refractivity contribution in [3.8, 4) is 12.0 Å². The first-order valence-corrected chi connectivity index (χ1v) is 9.62. The van der Waals surface area contributed by atoms with Gasteiger partial charge in [0, 0.05) is 0 Å². The maximum Gasteiger partial charge on any atom is 0.339 e. The number of hydrogen-bond donors (Lipinski definition) is 2. The van der Waals surface area contributed by atoms with E-state index < -0.39 is 38.5 Å². The Kier molecular flexibility index (Phi) is 7.25. The van der Waals surface area contributed by atoms with Crippen molar-refractivity contribution in [3.63, 3.8) is 0 Å². The van der Waals surface area contributed by atoms with Crippen LogP contribution in [0, 0.1) is 0 Å². The summed E-state index contributed by atoms with van der Waals surface area (Å²) < 4.78 is 45.9. The Morgan fingerprint density at radius 1 is 0.871 bits per heavy atom. The van der Waals surface area contributed by atoms with Crippen molar-refractivity contribution < 1.29 is 41.7 Å². The maximum atomic E-state index is 12.7. The van der Waals surface area contributed by atoms with Gasteiger partial charge < -0.3 is 18.9 Å². The van der Waals surface area contributed by atoms with E-state index in [1.807, 2.05) is 0 Å². The molecule has 2 aromatic rings. The smallest absolute Gasteiger partial charge is 0.339 e. The molecular formula is C16H17N5O9S. The summed E-state index contributed by atoms with van der Waals surface area (Å²) in [7, 11) is -0.0267. The topological polar surface area (TPSA) is 185 Å². The number of rotatable bonds is 7. The number of hydrogen-bond acceptors (Lipinski definition) is 12. The largest absolute Gasteiger partial charge is 0.467 e. The quantitative estimate of drug-likeness (QED) is 0.532. The molecule has 0 aliphatic heterocycles. The van der Waals surface area contributed by atoms with Gasteiger partial charge in [-0.3, -0.25) is 5.32 Å². The van der Waals surface area contributed by atoms with Crippen molar-refractivity contribution in [2.75, 3.05) is 33.8 Å². The van der Waals surface area contributed by atoms with Gasteiger partial charge in [-0.05, 0) is 18.2 Å². The summed E-state index contributed by atoms with van der Waals surface area (Å²) >= 11 is 0. The van der Waals surface area contributed by atoms with Crippen LogP contribution in [-0.2, 0) is 19.5 Å². The number of nitrogens with zero attached hydrogens (tertiary/aromatic N) is 3. The van der Waals surface area contributed by atoms with Crippen molar-refractivity contribution in [2.45, 2.75) is 4.90 Å². The molecule has 14 nitrogen and oxygen atoms in total. The van der Waals surface area contributed by atoms with E-state index in [4.69, 9.17) is 9.47 Å². The minimum atomic E-state index is -4.67. The van der Waals surface area contributed by atoms with Crippen LogP contribution in [0.1, 0.15) is 20.7 Å². The fourth-order valence-corrected chi connectivity index (χ4v) is 3.28. The second-order valence-electron chi connectivity index (χ2n) is 5.39. The number of carbonyl (C=O) groups is 3. The molecule has 1 heterocycles. The molecule has 31 heavy (non-hydrogen) atoms. The maximum absolute atomic E-state index is 12.7. The Labute approximate surface area is 176 Å². The Bertz CT molecular complexity index is 1100. The summed E-state index contributed by atoms with van der Waals surface area (Å²) in [5.74, 6) is -2.25. The number of aromatic nitrogens is 3. The van der Waals surface area contributed by atoms with Crippen LogP contribution in [0.15, 0.2) is 23.1 Å². The second-order valence-corrected chi connectivity index (χ2v) is 7.04. The van der Waals surface area contributed by atoms with Gasteiger partial charge in [0.2, 0.25) is 5.95 Å². The molecule has 0 spiro atoms. The summed E-state index contributed by atoms with van der Waals surface area (Å²) in [4.78, 5) is 46.4. The van der Waals surface area contributed by atoms with Crippen molar-refractivity contribution in [2.24, 2.45) is 0 Å². The highest BCUT2D eigenvalue weighted by Crippen LogP contribution is 2.20. The lowest BCUT2D eigenvalue weighted by Crippen LogP contribution is -2.36. The summed E-state index contributed by atoms with van der Waals surface area (Å²) in [6, 6.07) is 1.39. The number of sulfonamides is 1. The van der Waals surface area contributed by atoms with Crippen LogP contribution in [0.25, 0.3) is 0 Å². The number of methoxy groups -OCH3 is 4. The number of benzene rings is 1. The van der Waals surface area contributed by atoms with Gasteiger partial charge in [-0.15, -0.1) is 4.98 Å². The average molecular weight is 455 g/mol. The van der Waals surface area contributed by atoms with Crippen molar-refractivity contribution in [1.29, 1.82) is 0 Å². The molecule has 1 aromatic carbocycles. The van der Waals surface area contributed by atoms with Gasteiger partial charge in [0.05, 0.1) is 39.6 Å². The van der Waals surface area contributed by atoms with E-state index in [0.29, 0.717) is 0 Å². The molecule has 2 N–H and O–H groups in total. The number of ether oxygens (including phenoxy) is 4. The van der Waals surface area contributed by atoms with Gasteiger partial charge in [-0.2, -0.15) is 9.97 Å². The SMILES string of the molecule is COC(=O)c1ccc(C(=O)OC)c(S(=O)(=O)NC(=O)Nc2nc(OC)nc(OC)n2)c1. The van der Waals surface area contributed by atoms with Gasteiger partial charge in [0.15, 0.2) is 0 Å². The molecule has 1 aromatic heterocycles. The second kappa shape index (κ2) is 9.66. The highest BCUT2D eigenvalue weighted by atomic mass is 32.2. The lowest BCUT2D eigenvalue weighted by Gasteiger charge is -2.12. The fraction of sp³-hybridized carbons (Fsp3) is 0.250. The zero-order valence-electron chi connectivity index (χ0n) is 16.7. The van der Waals surface area contributed by atoms with E-state index in [9.17, 15) is 22.8 Å². The molecule has 0 fully saturated rings. The number of nitrogens with one attached hydrogen (secondary N) is 2. The predicted molar refractivity (Wildman–Crippen MR) is 101 cm³/mol.